The highest BCUT2D eigenvalue weighted by molar-refractivity contribution is 6.13. The maximum Gasteiger partial charge on any atom is 0.160 e. The van der Waals surface area contributed by atoms with Crippen molar-refractivity contribution in [3.05, 3.63) is 103 Å². The lowest BCUT2D eigenvalue weighted by atomic mass is 10.0. The number of aromatic nitrogens is 3. The molecular weight excluding hydrogens is 390 g/mol. The van der Waals surface area contributed by atoms with Crippen LogP contribution in [0, 0.1) is 0 Å². The summed E-state index contributed by atoms with van der Waals surface area (Å²) < 4.78 is 0. The van der Waals surface area contributed by atoms with Gasteiger partial charge in [0.1, 0.15) is 0 Å². The van der Waals surface area contributed by atoms with Crippen LogP contribution in [0.3, 0.4) is 0 Å². The van der Waals surface area contributed by atoms with Crippen molar-refractivity contribution in [1.82, 2.24) is 15.0 Å². The van der Waals surface area contributed by atoms with Gasteiger partial charge in [-0.05, 0) is 34.7 Å². The SMILES string of the molecule is c1cc(-c2nc3c4c(cccc4n2)-c2ccccc2-3)cc(-c2nccc3ccccc23)c1. The van der Waals surface area contributed by atoms with E-state index in [1.54, 1.807) is 0 Å². The van der Waals surface area contributed by atoms with Crippen molar-refractivity contribution in [2.24, 2.45) is 0 Å². The number of rotatable bonds is 2. The highest BCUT2D eigenvalue weighted by atomic mass is 14.9. The van der Waals surface area contributed by atoms with E-state index in [2.05, 4.69) is 91.0 Å². The lowest BCUT2D eigenvalue weighted by Gasteiger charge is -2.09. The summed E-state index contributed by atoms with van der Waals surface area (Å²) in [5.41, 5.74) is 8.65. The molecule has 0 saturated carbocycles. The second-order valence-electron chi connectivity index (χ2n) is 8.10. The summed E-state index contributed by atoms with van der Waals surface area (Å²) in [5.74, 6) is 0.739. The molecule has 0 radical (unpaired) electrons. The van der Waals surface area contributed by atoms with Crippen LogP contribution < -0.4 is 0 Å². The highest BCUT2D eigenvalue weighted by Crippen LogP contribution is 2.46. The van der Waals surface area contributed by atoms with E-state index in [9.17, 15) is 0 Å². The predicted octanol–water partition coefficient (Wildman–Crippen LogP) is 7.16. The van der Waals surface area contributed by atoms with Gasteiger partial charge in [-0.1, -0.05) is 78.9 Å². The van der Waals surface area contributed by atoms with Gasteiger partial charge in [0.15, 0.2) is 5.82 Å². The second-order valence-corrected chi connectivity index (χ2v) is 8.10. The maximum atomic E-state index is 5.05. The lowest BCUT2D eigenvalue weighted by Crippen LogP contribution is -1.94. The fourth-order valence-corrected chi connectivity index (χ4v) is 4.81. The maximum absolute atomic E-state index is 5.05. The molecule has 0 fully saturated rings. The van der Waals surface area contributed by atoms with E-state index >= 15 is 0 Å². The molecule has 148 valence electrons. The van der Waals surface area contributed by atoms with Gasteiger partial charge in [-0.25, -0.2) is 9.97 Å². The standard InChI is InChI=1S/C29H17N3/c1-2-10-21-18(7-1)15-16-30-27(21)19-8-5-9-20(17-19)29-31-25-14-6-13-23-22-11-3-4-12-24(22)28(32-29)26(23)25/h1-17H. The first-order chi connectivity index (χ1) is 15.9. The first kappa shape index (κ1) is 17.3. The molecule has 32 heavy (non-hydrogen) atoms. The normalized spacial score (nSPS) is 11.8. The van der Waals surface area contributed by atoms with Crippen molar-refractivity contribution in [1.29, 1.82) is 0 Å². The molecule has 0 aliphatic heterocycles. The molecule has 3 nitrogen and oxygen atoms in total. The van der Waals surface area contributed by atoms with E-state index < -0.39 is 0 Å². The molecule has 0 bridgehead atoms. The van der Waals surface area contributed by atoms with Crippen LogP contribution in [0.5, 0.6) is 0 Å². The van der Waals surface area contributed by atoms with Gasteiger partial charge in [0.25, 0.3) is 0 Å². The minimum absolute atomic E-state index is 0.739. The number of fused-ring (bicyclic) bond motifs is 4. The third kappa shape index (κ3) is 2.45. The third-order valence-electron chi connectivity index (χ3n) is 6.26. The van der Waals surface area contributed by atoms with Gasteiger partial charge in [-0.15, -0.1) is 0 Å². The van der Waals surface area contributed by atoms with E-state index in [4.69, 9.17) is 15.0 Å². The Kier molecular flexibility index (Phi) is 3.55. The van der Waals surface area contributed by atoms with Crippen LogP contribution in [-0.2, 0) is 0 Å². The molecule has 0 amide bonds. The molecule has 1 aliphatic rings. The fraction of sp³-hybridized carbons (Fsp3) is 0. The van der Waals surface area contributed by atoms with Crippen LogP contribution >= 0.6 is 0 Å². The van der Waals surface area contributed by atoms with Crippen LogP contribution in [0.1, 0.15) is 0 Å². The van der Waals surface area contributed by atoms with Crippen molar-refractivity contribution in [3.8, 4) is 45.0 Å². The number of hydrogen-bond donors (Lipinski definition) is 0. The van der Waals surface area contributed by atoms with Gasteiger partial charge in [0, 0.05) is 33.7 Å². The molecule has 7 rings (SSSR count). The molecule has 2 heterocycles. The predicted molar refractivity (Wildman–Crippen MR) is 130 cm³/mol. The Labute approximate surface area is 185 Å². The van der Waals surface area contributed by atoms with E-state index in [1.807, 2.05) is 12.3 Å². The highest BCUT2D eigenvalue weighted by Gasteiger charge is 2.24. The number of nitrogens with zero attached hydrogens (tertiary/aromatic N) is 3. The topological polar surface area (TPSA) is 38.7 Å². The molecule has 0 spiro atoms. The van der Waals surface area contributed by atoms with E-state index in [-0.39, 0.29) is 0 Å². The average molecular weight is 407 g/mol. The molecule has 2 aromatic heterocycles. The fourth-order valence-electron chi connectivity index (χ4n) is 4.81. The Hall–Kier alpha value is -4.37. The minimum Gasteiger partial charge on any atom is -0.256 e. The molecule has 0 N–H and O–H groups in total. The molecule has 0 unspecified atom stereocenters. The van der Waals surface area contributed by atoms with Crippen molar-refractivity contribution in [3.63, 3.8) is 0 Å². The Morgan fingerprint density at radius 1 is 0.531 bits per heavy atom. The second kappa shape index (κ2) is 6.56. The van der Waals surface area contributed by atoms with Crippen molar-refractivity contribution >= 4 is 21.7 Å². The zero-order valence-electron chi connectivity index (χ0n) is 17.2. The number of benzene rings is 4. The summed E-state index contributed by atoms with van der Waals surface area (Å²) in [5, 5.41) is 3.47. The van der Waals surface area contributed by atoms with Crippen molar-refractivity contribution in [2.75, 3.05) is 0 Å². The van der Waals surface area contributed by atoms with Crippen LogP contribution in [-0.4, -0.2) is 15.0 Å². The smallest absolute Gasteiger partial charge is 0.160 e. The van der Waals surface area contributed by atoms with Gasteiger partial charge in [0.2, 0.25) is 0 Å². The number of hydrogen-bond acceptors (Lipinski definition) is 3. The van der Waals surface area contributed by atoms with Gasteiger partial charge < -0.3 is 0 Å². The van der Waals surface area contributed by atoms with Gasteiger partial charge in [-0.2, -0.15) is 0 Å². The summed E-state index contributed by atoms with van der Waals surface area (Å²) in [6.45, 7) is 0. The number of pyridine rings is 1. The van der Waals surface area contributed by atoms with Crippen molar-refractivity contribution in [2.45, 2.75) is 0 Å². The first-order valence-corrected chi connectivity index (χ1v) is 10.7. The summed E-state index contributed by atoms with van der Waals surface area (Å²) in [6, 6.07) is 33.6. The van der Waals surface area contributed by atoms with Gasteiger partial charge in [-0.3, -0.25) is 4.98 Å². The zero-order valence-corrected chi connectivity index (χ0v) is 17.2. The Bertz CT molecular complexity index is 1680. The Balaban J connectivity index is 1.44. The third-order valence-corrected chi connectivity index (χ3v) is 6.26. The summed E-state index contributed by atoms with van der Waals surface area (Å²) in [7, 11) is 0. The molecule has 1 aliphatic carbocycles. The van der Waals surface area contributed by atoms with Gasteiger partial charge >= 0.3 is 0 Å². The van der Waals surface area contributed by atoms with Gasteiger partial charge in [0.05, 0.1) is 16.9 Å². The quantitative estimate of drug-likeness (QED) is 0.305. The van der Waals surface area contributed by atoms with E-state index in [0.29, 0.717) is 0 Å². The van der Waals surface area contributed by atoms with Crippen LogP contribution in [0.2, 0.25) is 0 Å². The minimum atomic E-state index is 0.739. The van der Waals surface area contributed by atoms with E-state index in [0.717, 1.165) is 44.6 Å². The summed E-state index contributed by atoms with van der Waals surface area (Å²) >= 11 is 0. The largest absolute Gasteiger partial charge is 0.256 e. The van der Waals surface area contributed by atoms with Crippen LogP contribution in [0.15, 0.2) is 103 Å². The molecular formula is C29H17N3. The first-order valence-electron chi connectivity index (χ1n) is 10.7. The van der Waals surface area contributed by atoms with Crippen LogP contribution in [0.25, 0.3) is 66.7 Å². The average Bonchev–Trinajstić information content (AvgIpc) is 3.19. The monoisotopic (exact) mass is 407 g/mol. The Morgan fingerprint density at radius 2 is 1.31 bits per heavy atom. The summed E-state index contributed by atoms with van der Waals surface area (Å²) in [4.78, 5) is 14.7. The van der Waals surface area contributed by atoms with Crippen molar-refractivity contribution < 1.29 is 0 Å². The van der Waals surface area contributed by atoms with Crippen LogP contribution in [0.4, 0.5) is 0 Å². The summed E-state index contributed by atoms with van der Waals surface area (Å²) in [6.07, 6.45) is 1.87. The lowest BCUT2D eigenvalue weighted by molar-refractivity contribution is 1.24. The van der Waals surface area contributed by atoms with E-state index in [1.165, 1.54) is 22.1 Å². The molecule has 3 heteroatoms. The molecule has 0 atom stereocenters. The molecule has 0 saturated heterocycles. The molecule has 4 aromatic carbocycles. The molecule has 6 aromatic rings. The zero-order chi connectivity index (χ0) is 21.1. The Morgan fingerprint density at radius 3 is 2.28 bits per heavy atom.